The number of hydrogen-bond donors (Lipinski definition) is 1. The summed E-state index contributed by atoms with van der Waals surface area (Å²) >= 11 is 6.11. The second-order valence-corrected chi connectivity index (χ2v) is 10.4. The lowest BCUT2D eigenvalue weighted by molar-refractivity contribution is 0.0578. The molecule has 8 nitrogen and oxygen atoms in total. The molecule has 0 radical (unpaired) electrons. The van der Waals surface area contributed by atoms with Crippen LogP contribution in [0.3, 0.4) is 0 Å². The number of halogens is 3. The number of nitrogens with zero attached hydrogens (tertiary/aromatic N) is 2. The molecule has 0 aliphatic heterocycles. The van der Waals surface area contributed by atoms with Gasteiger partial charge in [-0.25, -0.2) is 18.4 Å². The molecule has 0 atom stereocenters. The van der Waals surface area contributed by atoms with Crippen molar-refractivity contribution in [1.29, 1.82) is 0 Å². The van der Waals surface area contributed by atoms with E-state index in [9.17, 15) is 18.4 Å². The highest BCUT2D eigenvalue weighted by molar-refractivity contribution is 6.33. The Kier molecular flexibility index (Phi) is 9.27. The molecule has 0 spiro atoms. The summed E-state index contributed by atoms with van der Waals surface area (Å²) in [6.07, 6.45) is 2.30. The number of methoxy groups -OCH3 is 1. The zero-order chi connectivity index (χ0) is 30.4. The van der Waals surface area contributed by atoms with E-state index in [1.54, 1.807) is 81.6 Å². The van der Waals surface area contributed by atoms with E-state index in [1.807, 2.05) is 0 Å². The third-order valence-corrected chi connectivity index (χ3v) is 6.14. The monoisotopic (exact) mass is 595 g/mol. The number of nitrogens with one attached hydrogen (secondary N) is 1. The lowest BCUT2D eigenvalue weighted by atomic mass is 10.1. The fourth-order valence-electron chi connectivity index (χ4n) is 3.89. The van der Waals surface area contributed by atoms with Crippen molar-refractivity contribution in [3.8, 4) is 16.9 Å². The normalized spacial score (nSPS) is 11.0. The van der Waals surface area contributed by atoms with Crippen LogP contribution in [0, 0.1) is 11.6 Å². The average molecular weight is 596 g/mol. The molecule has 1 N–H and O–H groups in total. The van der Waals surface area contributed by atoms with Gasteiger partial charge >= 0.3 is 12.1 Å². The van der Waals surface area contributed by atoms with Gasteiger partial charge in [-0.15, -0.1) is 0 Å². The Bertz CT molecular complexity index is 1580. The number of hydrazine groups is 1. The van der Waals surface area contributed by atoms with Gasteiger partial charge in [0.05, 0.1) is 35.3 Å². The molecule has 1 amide bonds. The van der Waals surface area contributed by atoms with Gasteiger partial charge in [0.25, 0.3) is 0 Å². The summed E-state index contributed by atoms with van der Waals surface area (Å²) in [5.41, 5.74) is 4.39. The van der Waals surface area contributed by atoms with Crippen molar-refractivity contribution in [3.63, 3.8) is 0 Å². The average Bonchev–Trinajstić information content (AvgIpc) is 2.96. The minimum Gasteiger partial charge on any atom is -0.489 e. The van der Waals surface area contributed by atoms with Gasteiger partial charge in [0, 0.05) is 17.3 Å². The number of benzene rings is 3. The third kappa shape index (κ3) is 7.32. The van der Waals surface area contributed by atoms with Gasteiger partial charge in [0.1, 0.15) is 18.0 Å². The predicted octanol–water partition coefficient (Wildman–Crippen LogP) is 7.81. The second kappa shape index (κ2) is 12.9. The summed E-state index contributed by atoms with van der Waals surface area (Å²) in [6, 6.07) is 16.8. The van der Waals surface area contributed by atoms with Crippen molar-refractivity contribution in [2.45, 2.75) is 33.0 Å². The van der Waals surface area contributed by atoms with Gasteiger partial charge in [-0.3, -0.25) is 10.4 Å². The number of para-hydroxylation sites is 1. The summed E-state index contributed by atoms with van der Waals surface area (Å²) in [5, 5.41) is 1.21. The van der Waals surface area contributed by atoms with Crippen LogP contribution in [0.2, 0.25) is 5.02 Å². The maximum Gasteiger partial charge on any atom is 0.434 e. The third-order valence-electron chi connectivity index (χ3n) is 5.83. The molecule has 42 heavy (non-hydrogen) atoms. The van der Waals surface area contributed by atoms with E-state index in [1.165, 1.54) is 13.3 Å². The number of carbonyl (C=O) groups excluding carboxylic acids is 2. The van der Waals surface area contributed by atoms with Crippen LogP contribution in [0.25, 0.3) is 11.1 Å². The zero-order valence-corrected chi connectivity index (χ0v) is 24.0. The van der Waals surface area contributed by atoms with E-state index >= 15 is 0 Å². The van der Waals surface area contributed by atoms with Crippen LogP contribution < -0.4 is 15.2 Å². The molecule has 1 heterocycles. The van der Waals surface area contributed by atoms with E-state index in [0.29, 0.717) is 28.1 Å². The largest absolute Gasteiger partial charge is 0.489 e. The predicted molar refractivity (Wildman–Crippen MR) is 155 cm³/mol. The standard InChI is InChI=1S/C31H28ClF2N3O5/c1-31(2,3)42-30(39)37(21-8-6-14-35-17-21)36-28-20(7-5-9-23(28)29(38)40-4)18-41-22-12-10-19(11-13-22)24-15-26(33)27(34)16-25(24)32/h5-17,36H,18H2,1-4H3. The molecule has 218 valence electrons. The van der Waals surface area contributed by atoms with Crippen molar-refractivity contribution >= 4 is 35.0 Å². The lowest BCUT2D eigenvalue weighted by Crippen LogP contribution is -2.41. The van der Waals surface area contributed by atoms with Crippen LogP contribution >= 0.6 is 11.6 Å². The number of pyridine rings is 1. The molecule has 4 aromatic rings. The zero-order valence-electron chi connectivity index (χ0n) is 23.3. The molecule has 4 rings (SSSR count). The van der Waals surface area contributed by atoms with Crippen molar-refractivity contribution in [3.05, 3.63) is 107 Å². The number of rotatable bonds is 8. The number of anilines is 2. The van der Waals surface area contributed by atoms with Crippen molar-refractivity contribution < 1.29 is 32.6 Å². The Morgan fingerprint density at radius 1 is 1.00 bits per heavy atom. The first kappa shape index (κ1) is 30.3. The van der Waals surface area contributed by atoms with Gasteiger partial charge in [0.15, 0.2) is 11.6 Å². The topological polar surface area (TPSA) is 90.0 Å². The molecular formula is C31H28ClF2N3O5. The lowest BCUT2D eigenvalue weighted by Gasteiger charge is -2.29. The fraction of sp³-hybridized carbons (Fsp3) is 0.194. The van der Waals surface area contributed by atoms with Crippen LogP contribution in [0.4, 0.5) is 25.0 Å². The number of esters is 1. The van der Waals surface area contributed by atoms with Crippen molar-refractivity contribution in [2.75, 3.05) is 17.5 Å². The first-order valence-corrected chi connectivity index (χ1v) is 13.1. The number of hydrogen-bond acceptors (Lipinski definition) is 7. The highest BCUT2D eigenvalue weighted by Gasteiger charge is 2.27. The smallest absolute Gasteiger partial charge is 0.434 e. The number of amides is 1. The first-order valence-electron chi connectivity index (χ1n) is 12.7. The summed E-state index contributed by atoms with van der Waals surface area (Å²) in [4.78, 5) is 30.0. The molecule has 1 aromatic heterocycles. The summed E-state index contributed by atoms with van der Waals surface area (Å²) in [5.74, 6) is -2.23. The Balaban J connectivity index is 1.64. The molecule has 0 aliphatic carbocycles. The van der Waals surface area contributed by atoms with Crippen molar-refractivity contribution in [1.82, 2.24) is 4.98 Å². The Morgan fingerprint density at radius 2 is 1.71 bits per heavy atom. The summed E-state index contributed by atoms with van der Waals surface area (Å²) in [6.45, 7) is 5.19. The SMILES string of the molecule is COC(=O)c1cccc(COc2ccc(-c3cc(F)c(F)cc3Cl)cc2)c1NN(C(=O)OC(C)(C)C)c1cccnc1. The summed E-state index contributed by atoms with van der Waals surface area (Å²) in [7, 11) is 1.25. The molecule has 0 saturated heterocycles. The second-order valence-electron chi connectivity index (χ2n) is 10.0. The summed E-state index contributed by atoms with van der Waals surface area (Å²) < 4.78 is 43.8. The number of aromatic nitrogens is 1. The molecular weight excluding hydrogens is 568 g/mol. The molecule has 0 bridgehead atoms. The highest BCUT2D eigenvalue weighted by Crippen LogP contribution is 2.32. The minimum atomic E-state index is -1.03. The molecule has 0 fully saturated rings. The first-order chi connectivity index (χ1) is 20.0. The van der Waals surface area contributed by atoms with Crippen LogP contribution in [0.5, 0.6) is 5.75 Å². The minimum absolute atomic E-state index is 0.0202. The van der Waals surface area contributed by atoms with E-state index in [0.717, 1.165) is 17.1 Å². The van der Waals surface area contributed by atoms with Gasteiger partial charge in [-0.2, -0.15) is 5.01 Å². The van der Waals surface area contributed by atoms with E-state index in [2.05, 4.69) is 10.4 Å². The molecule has 0 aliphatic rings. The molecule has 11 heteroatoms. The van der Waals surface area contributed by atoms with E-state index in [-0.39, 0.29) is 22.9 Å². The van der Waals surface area contributed by atoms with Crippen LogP contribution in [-0.4, -0.2) is 29.8 Å². The van der Waals surface area contributed by atoms with E-state index < -0.39 is 29.3 Å². The Labute approximate surface area is 246 Å². The van der Waals surface area contributed by atoms with Crippen LogP contribution in [-0.2, 0) is 16.1 Å². The van der Waals surface area contributed by atoms with Crippen LogP contribution in [0.1, 0.15) is 36.7 Å². The quantitative estimate of drug-likeness (QED) is 0.126. The Morgan fingerprint density at radius 3 is 2.36 bits per heavy atom. The molecule has 0 unspecified atom stereocenters. The van der Waals surface area contributed by atoms with Gasteiger partial charge in [0.2, 0.25) is 0 Å². The van der Waals surface area contributed by atoms with Crippen molar-refractivity contribution in [2.24, 2.45) is 0 Å². The number of ether oxygens (including phenoxy) is 3. The maximum absolute atomic E-state index is 13.8. The van der Waals surface area contributed by atoms with Crippen LogP contribution in [0.15, 0.2) is 79.1 Å². The maximum atomic E-state index is 13.8. The highest BCUT2D eigenvalue weighted by atomic mass is 35.5. The van der Waals surface area contributed by atoms with Gasteiger partial charge < -0.3 is 14.2 Å². The number of carbonyl (C=O) groups is 2. The van der Waals surface area contributed by atoms with Gasteiger partial charge in [-0.1, -0.05) is 35.9 Å². The fourth-order valence-corrected chi connectivity index (χ4v) is 4.15. The molecule has 0 saturated carbocycles. The Hall–Kier alpha value is -4.70. The van der Waals surface area contributed by atoms with E-state index in [4.69, 9.17) is 25.8 Å². The van der Waals surface area contributed by atoms with Gasteiger partial charge in [-0.05, 0) is 68.8 Å². The molecule has 3 aromatic carbocycles.